The van der Waals surface area contributed by atoms with Crippen LogP contribution in [0.15, 0.2) is 54.6 Å². The smallest absolute Gasteiger partial charge is 0.408 e. The highest BCUT2D eigenvalue weighted by atomic mass is 16.6. The minimum atomic E-state index is -0.927. The van der Waals surface area contributed by atoms with Crippen LogP contribution in [0.2, 0.25) is 0 Å². The second kappa shape index (κ2) is 16.9. The maximum Gasteiger partial charge on any atom is 0.408 e. The number of ether oxygens (including phenoxy) is 1. The highest BCUT2D eigenvalue weighted by Gasteiger charge is 2.39. The molecule has 0 aliphatic rings. The first-order valence-electron chi connectivity index (χ1n) is 15.5. The van der Waals surface area contributed by atoms with Gasteiger partial charge in [0.1, 0.15) is 17.7 Å². The van der Waals surface area contributed by atoms with Gasteiger partial charge in [-0.2, -0.15) is 0 Å². The van der Waals surface area contributed by atoms with Crippen LogP contribution in [0.1, 0.15) is 103 Å². The third kappa shape index (κ3) is 11.9. The lowest BCUT2D eigenvalue weighted by molar-refractivity contribution is -0.145. The molecule has 42 heavy (non-hydrogen) atoms. The summed E-state index contributed by atoms with van der Waals surface area (Å²) < 4.78 is 5.56. The molecule has 7 heteroatoms. The number of carbonyl (C=O) groups excluding carboxylic acids is 3. The molecule has 0 bridgehead atoms. The first-order valence-corrected chi connectivity index (χ1v) is 15.5. The molecular formula is C35H53N3O4. The van der Waals surface area contributed by atoms with Crippen LogP contribution >= 0.6 is 0 Å². The van der Waals surface area contributed by atoms with Crippen LogP contribution in [-0.4, -0.2) is 47.0 Å². The van der Waals surface area contributed by atoms with Crippen LogP contribution < -0.4 is 10.6 Å². The molecule has 0 saturated heterocycles. The second-order valence-electron chi connectivity index (χ2n) is 12.8. The molecule has 0 aliphatic heterocycles. The summed E-state index contributed by atoms with van der Waals surface area (Å²) in [6.07, 6.45) is 4.16. The quantitative estimate of drug-likeness (QED) is 0.220. The normalized spacial score (nSPS) is 13.6. The van der Waals surface area contributed by atoms with Crippen LogP contribution in [0.5, 0.6) is 0 Å². The van der Waals surface area contributed by atoms with Crippen molar-refractivity contribution >= 4 is 17.9 Å². The van der Waals surface area contributed by atoms with E-state index in [0.717, 1.165) is 48.8 Å². The maximum atomic E-state index is 14.7. The van der Waals surface area contributed by atoms with Crippen molar-refractivity contribution < 1.29 is 19.1 Å². The van der Waals surface area contributed by atoms with Gasteiger partial charge in [-0.3, -0.25) is 9.59 Å². The van der Waals surface area contributed by atoms with Crippen molar-refractivity contribution in [3.05, 3.63) is 71.3 Å². The predicted molar refractivity (Wildman–Crippen MR) is 170 cm³/mol. The van der Waals surface area contributed by atoms with Crippen molar-refractivity contribution in [2.45, 2.75) is 118 Å². The number of benzene rings is 2. The zero-order chi connectivity index (χ0) is 31.3. The van der Waals surface area contributed by atoms with Crippen molar-refractivity contribution in [3.63, 3.8) is 0 Å². The number of rotatable bonds is 15. The third-order valence-electron chi connectivity index (χ3n) is 7.13. The molecule has 2 aromatic rings. The molecule has 3 atom stereocenters. The average molecular weight is 580 g/mol. The van der Waals surface area contributed by atoms with E-state index in [0.29, 0.717) is 12.5 Å². The van der Waals surface area contributed by atoms with E-state index in [1.165, 1.54) is 0 Å². The zero-order valence-electron chi connectivity index (χ0n) is 27.0. The molecule has 2 aromatic carbocycles. The largest absolute Gasteiger partial charge is 0.444 e. The van der Waals surface area contributed by atoms with Gasteiger partial charge in [0, 0.05) is 19.0 Å². The maximum absolute atomic E-state index is 14.7. The summed E-state index contributed by atoms with van der Waals surface area (Å²) in [6, 6.07) is 15.3. The topological polar surface area (TPSA) is 87.7 Å². The number of unbranched alkanes of at least 4 members (excludes halogenated alkanes) is 2. The molecule has 0 aliphatic carbocycles. The molecule has 0 heterocycles. The van der Waals surface area contributed by atoms with Crippen LogP contribution in [0.3, 0.4) is 0 Å². The molecule has 0 radical (unpaired) electrons. The summed E-state index contributed by atoms with van der Waals surface area (Å²) in [6.45, 7) is 16.3. The van der Waals surface area contributed by atoms with E-state index in [1.54, 1.807) is 25.7 Å². The van der Waals surface area contributed by atoms with Crippen LogP contribution in [0.25, 0.3) is 0 Å². The molecule has 0 saturated carbocycles. The fourth-order valence-corrected chi connectivity index (χ4v) is 4.95. The Morgan fingerprint density at radius 3 is 2.21 bits per heavy atom. The Kier molecular flexibility index (Phi) is 14.1. The van der Waals surface area contributed by atoms with E-state index >= 15 is 0 Å². The summed E-state index contributed by atoms with van der Waals surface area (Å²) in [5.41, 5.74) is 1.93. The van der Waals surface area contributed by atoms with E-state index < -0.39 is 23.8 Å². The Morgan fingerprint density at radius 1 is 0.929 bits per heavy atom. The molecule has 3 amide bonds. The van der Waals surface area contributed by atoms with Gasteiger partial charge >= 0.3 is 6.09 Å². The molecule has 3 unspecified atom stereocenters. The van der Waals surface area contributed by atoms with E-state index in [-0.39, 0.29) is 24.3 Å². The molecule has 0 fully saturated rings. The monoisotopic (exact) mass is 579 g/mol. The Bertz CT molecular complexity index is 1130. The molecule has 2 N–H and O–H groups in total. The van der Waals surface area contributed by atoms with E-state index in [2.05, 4.69) is 31.4 Å². The van der Waals surface area contributed by atoms with Crippen molar-refractivity contribution in [1.29, 1.82) is 0 Å². The lowest BCUT2D eigenvalue weighted by Crippen LogP contribution is -2.56. The molecule has 0 aromatic heterocycles. The minimum Gasteiger partial charge on any atom is -0.444 e. The van der Waals surface area contributed by atoms with E-state index in [1.807, 2.05) is 68.4 Å². The Morgan fingerprint density at radius 2 is 1.62 bits per heavy atom. The van der Waals surface area contributed by atoms with Gasteiger partial charge in [0.15, 0.2) is 0 Å². The van der Waals surface area contributed by atoms with Gasteiger partial charge in [-0.05, 0) is 70.9 Å². The SMILES string of the molecule is CCCCCNC(=O)C(c1cccc(C)c1)N(C(=O)C(Cc1ccccc1)NC(=O)OC(C)(C)C)C(C)CCC(C)C. The number of alkyl carbamates (subject to hydrolysis) is 1. The fourth-order valence-electron chi connectivity index (χ4n) is 4.95. The Labute approximate surface area is 253 Å². The van der Waals surface area contributed by atoms with Crippen molar-refractivity contribution in [2.75, 3.05) is 6.54 Å². The minimum absolute atomic E-state index is 0.211. The number of aryl methyl sites for hydroxylation is 1. The van der Waals surface area contributed by atoms with Crippen molar-refractivity contribution in [3.8, 4) is 0 Å². The molecule has 7 nitrogen and oxygen atoms in total. The van der Waals surface area contributed by atoms with Gasteiger partial charge in [-0.15, -0.1) is 0 Å². The first-order chi connectivity index (χ1) is 19.8. The number of nitrogens with one attached hydrogen (secondary N) is 2. The summed E-state index contributed by atoms with van der Waals surface area (Å²) >= 11 is 0. The molecular weight excluding hydrogens is 526 g/mol. The summed E-state index contributed by atoms with van der Waals surface area (Å²) in [7, 11) is 0. The van der Waals surface area contributed by atoms with Gasteiger partial charge in [-0.25, -0.2) is 4.79 Å². The number of hydrogen-bond donors (Lipinski definition) is 2. The number of nitrogens with zero attached hydrogens (tertiary/aromatic N) is 1. The van der Waals surface area contributed by atoms with Gasteiger partial charge in [0.05, 0.1) is 0 Å². The van der Waals surface area contributed by atoms with Crippen molar-refractivity contribution in [2.24, 2.45) is 5.92 Å². The number of amides is 3. The predicted octanol–water partition coefficient (Wildman–Crippen LogP) is 7.13. The first kappa shape index (κ1) is 34.8. The highest BCUT2D eigenvalue weighted by molar-refractivity contribution is 5.92. The van der Waals surface area contributed by atoms with Gasteiger partial charge in [0.2, 0.25) is 11.8 Å². The second-order valence-corrected chi connectivity index (χ2v) is 12.8. The standard InChI is InChI=1S/C35H53N3O4/c1-9-10-14-22-36-32(39)31(29-19-15-16-26(4)23-29)38(27(5)21-20-25(2)3)33(40)30(24-28-17-12-11-13-18-28)37-34(41)42-35(6,7)8/h11-13,15-19,23,25,27,30-31H,9-10,14,20-22,24H2,1-8H3,(H,36,39)(H,37,41). The fraction of sp³-hybridized carbons (Fsp3) is 0.571. The third-order valence-corrected chi connectivity index (χ3v) is 7.13. The summed E-state index contributed by atoms with van der Waals surface area (Å²) in [5.74, 6) is -0.0851. The van der Waals surface area contributed by atoms with Gasteiger partial charge in [-0.1, -0.05) is 93.8 Å². The lowest BCUT2D eigenvalue weighted by atomic mass is 9.95. The van der Waals surface area contributed by atoms with Crippen LogP contribution in [0.4, 0.5) is 4.79 Å². The lowest BCUT2D eigenvalue weighted by Gasteiger charge is -2.39. The van der Waals surface area contributed by atoms with Crippen LogP contribution in [0, 0.1) is 12.8 Å². The molecule has 232 valence electrons. The summed E-state index contributed by atoms with van der Waals surface area (Å²) in [5, 5.41) is 5.96. The molecule has 0 spiro atoms. The Hall–Kier alpha value is -3.35. The average Bonchev–Trinajstić information content (AvgIpc) is 2.91. The highest BCUT2D eigenvalue weighted by Crippen LogP contribution is 2.28. The Balaban J connectivity index is 2.59. The van der Waals surface area contributed by atoms with E-state index in [4.69, 9.17) is 4.74 Å². The van der Waals surface area contributed by atoms with Gasteiger partial charge < -0.3 is 20.3 Å². The number of carbonyl (C=O) groups is 3. The van der Waals surface area contributed by atoms with Gasteiger partial charge in [0.25, 0.3) is 0 Å². The van der Waals surface area contributed by atoms with Crippen LogP contribution in [-0.2, 0) is 20.7 Å². The number of hydrogen-bond acceptors (Lipinski definition) is 4. The van der Waals surface area contributed by atoms with Crippen molar-refractivity contribution in [1.82, 2.24) is 15.5 Å². The summed E-state index contributed by atoms with van der Waals surface area (Å²) in [4.78, 5) is 43.4. The molecule has 2 rings (SSSR count). The van der Waals surface area contributed by atoms with E-state index in [9.17, 15) is 14.4 Å². The zero-order valence-corrected chi connectivity index (χ0v) is 27.0.